The first-order valence-electron chi connectivity index (χ1n) is 19.0. The van der Waals surface area contributed by atoms with E-state index in [0.29, 0.717) is 33.0 Å². The zero-order valence-corrected chi connectivity index (χ0v) is 30.1. The molecule has 1 fully saturated rings. The van der Waals surface area contributed by atoms with Crippen LogP contribution >= 0.6 is 0 Å². The molecule has 5 heteroatoms. The Hall–Kier alpha value is -3.32. The van der Waals surface area contributed by atoms with Crippen molar-refractivity contribution in [3.05, 3.63) is 144 Å². The van der Waals surface area contributed by atoms with Crippen LogP contribution in [0.15, 0.2) is 121 Å². The molecule has 4 aromatic rings. The van der Waals surface area contributed by atoms with Gasteiger partial charge in [-0.05, 0) is 28.7 Å². The molecular formula is C45H58O5. The van der Waals surface area contributed by atoms with E-state index in [9.17, 15) is 0 Å². The van der Waals surface area contributed by atoms with Gasteiger partial charge < -0.3 is 23.7 Å². The molecule has 0 bridgehead atoms. The quantitative estimate of drug-likeness (QED) is 0.0731. The van der Waals surface area contributed by atoms with Crippen LogP contribution in [0.25, 0.3) is 0 Å². The van der Waals surface area contributed by atoms with Gasteiger partial charge in [-0.25, -0.2) is 0 Å². The highest BCUT2D eigenvalue weighted by atomic mass is 16.6. The van der Waals surface area contributed by atoms with Gasteiger partial charge in [-0.15, -0.1) is 0 Å². The number of hydrogen-bond acceptors (Lipinski definition) is 5. The molecule has 5 nitrogen and oxygen atoms in total. The van der Waals surface area contributed by atoms with E-state index in [4.69, 9.17) is 23.7 Å². The van der Waals surface area contributed by atoms with E-state index in [2.05, 4.69) is 79.7 Å². The summed E-state index contributed by atoms with van der Waals surface area (Å²) in [4.78, 5) is 0. The maximum absolute atomic E-state index is 7.03. The highest BCUT2D eigenvalue weighted by molar-refractivity contribution is 5.16. The molecule has 50 heavy (non-hydrogen) atoms. The summed E-state index contributed by atoms with van der Waals surface area (Å²) in [6.45, 7) is 4.58. The number of rotatable bonds is 23. The van der Waals surface area contributed by atoms with Crippen LogP contribution in [0.5, 0.6) is 0 Å². The molecule has 1 heterocycles. The van der Waals surface area contributed by atoms with Gasteiger partial charge in [-0.3, -0.25) is 0 Å². The molecule has 4 aromatic carbocycles. The molecule has 0 aliphatic carbocycles. The van der Waals surface area contributed by atoms with E-state index in [0.717, 1.165) is 35.1 Å². The highest BCUT2D eigenvalue weighted by Gasteiger charge is 2.48. The molecule has 0 spiro atoms. The van der Waals surface area contributed by atoms with Crippen molar-refractivity contribution in [3.8, 4) is 0 Å². The molecule has 1 aliphatic heterocycles. The van der Waals surface area contributed by atoms with Crippen molar-refractivity contribution in [2.45, 2.75) is 128 Å². The zero-order valence-electron chi connectivity index (χ0n) is 30.1. The van der Waals surface area contributed by atoms with Crippen LogP contribution in [0.4, 0.5) is 0 Å². The lowest BCUT2D eigenvalue weighted by molar-refractivity contribution is -0.273. The monoisotopic (exact) mass is 678 g/mol. The minimum atomic E-state index is -0.394. The largest absolute Gasteiger partial charge is 0.374 e. The van der Waals surface area contributed by atoms with Gasteiger partial charge in [0.1, 0.15) is 24.4 Å². The second-order valence-corrected chi connectivity index (χ2v) is 13.6. The van der Waals surface area contributed by atoms with Crippen molar-refractivity contribution in [1.29, 1.82) is 0 Å². The van der Waals surface area contributed by atoms with Crippen molar-refractivity contribution in [3.63, 3.8) is 0 Å². The lowest BCUT2D eigenvalue weighted by Crippen LogP contribution is -2.61. The Morgan fingerprint density at radius 1 is 0.420 bits per heavy atom. The van der Waals surface area contributed by atoms with Crippen LogP contribution < -0.4 is 0 Å². The molecule has 0 radical (unpaired) electrons. The molecule has 5 rings (SSSR count). The Morgan fingerprint density at radius 2 is 0.800 bits per heavy atom. The standard InChI is InChI=1S/C45H58O5/c1-2-3-4-5-6-7-8-9-22-31-41-43(47-33-38-25-16-11-17-26-38)45(49-35-40-29-20-13-21-30-40)44(48-34-39-27-18-12-19-28-39)42(50-41)36-46-32-37-23-14-10-15-24-37/h10-21,23-30,41-45H,2-9,22,31-36H2,1H3/t41-,42-,43+,44-,45-/m1/s1. The first-order valence-corrected chi connectivity index (χ1v) is 19.0. The van der Waals surface area contributed by atoms with Crippen LogP contribution in [0.2, 0.25) is 0 Å². The third kappa shape index (κ3) is 13.1. The van der Waals surface area contributed by atoms with Crippen molar-refractivity contribution in [1.82, 2.24) is 0 Å². The molecule has 0 aromatic heterocycles. The molecular weight excluding hydrogens is 620 g/mol. The summed E-state index contributed by atoms with van der Waals surface area (Å²) in [7, 11) is 0. The van der Waals surface area contributed by atoms with Gasteiger partial charge in [-0.2, -0.15) is 0 Å². The predicted molar refractivity (Wildman–Crippen MR) is 202 cm³/mol. The molecule has 0 unspecified atom stereocenters. The smallest absolute Gasteiger partial charge is 0.115 e. The van der Waals surface area contributed by atoms with Crippen LogP contribution in [-0.4, -0.2) is 37.1 Å². The SMILES string of the molecule is CCCCCCCCCCC[C@H]1O[C@H](COCc2ccccc2)[C@@H](OCc2ccccc2)[C@H](OCc2ccccc2)[C@H]1OCc1ccccc1. The molecule has 1 saturated heterocycles. The molecule has 5 atom stereocenters. The van der Waals surface area contributed by atoms with Crippen LogP contribution in [-0.2, 0) is 50.1 Å². The fourth-order valence-corrected chi connectivity index (χ4v) is 6.77. The van der Waals surface area contributed by atoms with Gasteiger partial charge in [0.05, 0.1) is 39.1 Å². The maximum Gasteiger partial charge on any atom is 0.115 e. The van der Waals surface area contributed by atoms with Gasteiger partial charge in [0, 0.05) is 0 Å². The fourth-order valence-electron chi connectivity index (χ4n) is 6.77. The van der Waals surface area contributed by atoms with Crippen molar-refractivity contribution in [2.24, 2.45) is 0 Å². The second kappa shape index (κ2) is 22.5. The van der Waals surface area contributed by atoms with E-state index in [1.807, 2.05) is 48.5 Å². The Kier molecular flexibility index (Phi) is 17.1. The van der Waals surface area contributed by atoms with Gasteiger partial charge in [0.25, 0.3) is 0 Å². The Labute approximate surface area is 301 Å². The highest BCUT2D eigenvalue weighted by Crippen LogP contribution is 2.33. The lowest BCUT2D eigenvalue weighted by Gasteiger charge is -2.46. The second-order valence-electron chi connectivity index (χ2n) is 13.6. The van der Waals surface area contributed by atoms with Gasteiger partial charge in [-0.1, -0.05) is 186 Å². The van der Waals surface area contributed by atoms with Gasteiger partial charge in [0.2, 0.25) is 0 Å². The van der Waals surface area contributed by atoms with E-state index in [1.54, 1.807) is 0 Å². The maximum atomic E-state index is 7.03. The summed E-state index contributed by atoms with van der Waals surface area (Å²) in [5, 5.41) is 0. The van der Waals surface area contributed by atoms with Crippen molar-refractivity contribution >= 4 is 0 Å². The first-order chi connectivity index (χ1) is 24.8. The zero-order chi connectivity index (χ0) is 34.5. The van der Waals surface area contributed by atoms with Crippen molar-refractivity contribution < 1.29 is 23.7 Å². The summed E-state index contributed by atoms with van der Waals surface area (Å²) >= 11 is 0. The summed E-state index contributed by atoms with van der Waals surface area (Å²) < 4.78 is 33.9. The van der Waals surface area contributed by atoms with E-state index in [-0.39, 0.29) is 24.4 Å². The Bertz CT molecular complexity index is 1400. The fraction of sp³-hybridized carbons (Fsp3) is 0.467. The number of unbranched alkanes of at least 4 members (excludes halogenated alkanes) is 8. The van der Waals surface area contributed by atoms with E-state index >= 15 is 0 Å². The molecule has 0 saturated carbocycles. The van der Waals surface area contributed by atoms with Crippen LogP contribution in [0, 0.1) is 0 Å². The average Bonchev–Trinajstić information content (AvgIpc) is 3.17. The Balaban J connectivity index is 1.35. The lowest BCUT2D eigenvalue weighted by atomic mass is 9.91. The van der Waals surface area contributed by atoms with E-state index < -0.39 is 6.10 Å². The van der Waals surface area contributed by atoms with Gasteiger partial charge >= 0.3 is 0 Å². The minimum Gasteiger partial charge on any atom is -0.374 e. The van der Waals surface area contributed by atoms with Crippen LogP contribution in [0.1, 0.15) is 93.4 Å². The number of hydrogen-bond donors (Lipinski definition) is 0. The van der Waals surface area contributed by atoms with Crippen molar-refractivity contribution in [2.75, 3.05) is 6.61 Å². The number of ether oxygens (including phenoxy) is 5. The summed E-state index contributed by atoms with van der Waals surface area (Å²) in [6, 6.07) is 41.4. The third-order valence-electron chi connectivity index (χ3n) is 9.57. The molecule has 0 N–H and O–H groups in total. The average molecular weight is 679 g/mol. The van der Waals surface area contributed by atoms with Crippen LogP contribution in [0.3, 0.4) is 0 Å². The molecule has 268 valence electrons. The normalized spacial score (nSPS) is 20.5. The Morgan fingerprint density at radius 3 is 1.26 bits per heavy atom. The molecule has 1 aliphatic rings. The summed E-state index contributed by atoms with van der Waals surface area (Å²) in [6.07, 6.45) is 10.9. The summed E-state index contributed by atoms with van der Waals surface area (Å²) in [5.41, 5.74) is 4.50. The summed E-state index contributed by atoms with van der Waals surface area (Å²) in [5.74, 6) is 0. The predicted octanol–water partition coefficient (Wildman–Crippen LogP) is 10.6. The van der Waals surface area contributed by atoms with Gasteiger partial charge in [0.15, 0.2) is 0 Å². The third-order valence-corrected chi connectivity index (χ3v) is 9.57. The molecule has 0 amide bonds. The van der Waals surface area contributed by atoms with E-state index in [1.165, 1.54) is 51.4 Å². The first kappa shape index (κ1) is 37.9. The number of benzene rings is 4. The topological polar surface area (TPSA) is 46.2 Å². The minimum absolute atomic E-state index is 0.147.